The van der Waals surface area contributed by atoms with E-state index in [1.807, 2.05) is 6.92 Å². The summed E-state index contributed by atoms with van der Waals surface area (Å²) in [5.74, 6) is 1.62. The monoisotopic (exact) mass is 245 g/mol. The Hall–Kier alpha value is -0.220. The van der Waals surface area contributed by atoms with E-state index in [1.54, 1.807) is 11.8 Å². The first-order chi connectivity index (χ1) is 7.54. The lowest BCUT2D eigenvalue weighted by Gasteiger charge is -2.37. The molecule has 0 radical (unpaired) electrons. The van der Waals surface area contributed by atoms with Gasteiger partial charge in [0.05, 0.1) is 12.4 Å². The molecule has 0 bridgehead atoms. The number of thioether (sulfide) groups is 1. The van der Waals surface area contributed by atoms with Crippen molar-refractivity contribution in [3.63, 3.8) is 0 Å². The van der Waals surface area contributed by atoms with Crippen molar-refractivity contribution in [3.05, 3.63) is 0 Å². The predicted octanol–water partition coefficient (Wildman–Crippen LogP) is 2.04. The Morgan fingerprint density at radius 3 is 2.69 bits per heavy atom. The van der Waals surface area contributed by atoms with Crippen LogP contribution < -0.4 is 5.73 Å². The van der Waals surface area contributed by atoms with Gasteiger partial charge in [-0.1, -0.05) is 13.8 Å². The van der Waals surface area contributed by atoms with E-state index in [9.17, 15) is 4.79 Å². The first-order valence-corrected chi connectivity index (χ1v) is 7.12. The number of hydrogen-bond acceptors (Lipinski definition) is 4. The Labute approximate surface area is 102 Å². The molecule has 4 unspecified atom stereocenters. The molecule has 0 aromatic carbocycles. The first kappa shape index (κ1) is 13.8. The van der Waals surface area contributed by atoms with Crippen LogP contribution in [0.4, 0.5) is 0 Å². The van der Waals surface area contributed by atoms with Crippen LogP contribution in [-0.4, -0.2) is 29.6 Å². The highest BCUT2D eigenvalue weighted by Crippen LogP contribution is 2.35. The summed E-state index contributed by atoms with van der Waals surface area (Å²) >= 11 is 1.66. The van der Waals surface area contributed by atoms with E-state index in [2.05, 4.69) is 13.8 Å². The normalized spacial score (nSPS) is 34.8. The predicted molar refractivity (Wildman–Crippen MR) is 68.4 cm³/mol. The van der Waals surface area contributed by atoms with Crippen LogP contribution in [0.15, 0.2) is 0 Å². The van der Waals surface area contributed by atoms with Gasteiger partial charge in [-0.3, -0.25) is 4.79 Å². The molecule has 1 aliphatic rings. The molecule has 4 heteroatoms. The molecule has 0 aliphatic heterocycles. The number of esters is 1. The number of ether oxygens (including phenoxy) is 1. The van der Waals surface area contributed by atoms with Crippen molar-refractivity contribution in [1.29, 1.82) is 0 Å². The maximum absolute atomic E-state index is 11.3. The van der Waals surface area contributed by atoms with Gasteiger partial charge in [-0.2, -0.15) is 0 Å². The molecule has 0 aromatic rings. The largest absolute Gasteiger partial charge is 0.465 e. The second-order valence-corrected chi connectivity index (χ2v) is 5.96. The van der Waals surface area contributed by atoms with Crippen LogP contribution in [0.25, 0.3) is 0 Å². The smallest absolute Gasteiger partial charge is 0.315 e. The van der Waals surface area contributed by atoms with E-state index in [4.69, 9.17) is 10.5 Å². The number of carbonyl (C=O) groups excluding carboxylic acids is 1. The summed E-state index contributed by atoms with van der Waals surface area (Å²) in [4.78, 5) is 11.3. The summed E-state index contributed by atoms with van der Waals surface area (Å²) in [6.45, 7) is 6.78. The maximum Gasteiger partial charge on any atom is 0.315 e. The average Bonchev–Trinajstić information content (AvgIpc) is 2.16. The van der Waals surface area contributed by atoms with Crippen molar-refractivity contribution in [1.82, 2.24) is 0 Å². The van der Waals surface area contributed by atoms with Crippen molar-refractivity contribution < 1.29 is 9.53 Å². The standard InChI is InChI=1S/C12H23NO2S/c1-4-15-11(14)7-16-12-9(3)5-8(2)6-10(12)13/h8-10,12H,4-7,13H2,1-3H3. The Morgan fingerprint density at radius 2 is 2.12 bits per heavy atom. The third kappa shape index (κ3) is 3.98. The molecule has 0 amide bonds. The Balaban J connectivity index is 2.37. The lowest BCUT2D eigenvalue weighted by molar-refractivity contribution is -0.139. The van der Waals surface area contributed by atoms with Gasteiger partial charge in [-0.05, 0) is 31.6 Å². The van der Waals surface area contributed by atoms with Gasteiger partial charge in [0.25, 0.3) is 0 Å². The van der Waals surface area contributed by atoms with Gasteiger partial charge in [0, 0.05) is 11.3 Å². The van der Waals surface area contributed by atoms with Crippen LogP contribution in [0.2, 0.25) is 0 Å². The number of rotatable bonds is 4. The van der Waals surface area contributed by atoms with Gasteiger partial charge in [0.15, 0.2) is 0 Å². The fourth-order valence-corrected chi connectivity index (χ4v) is 3.75. The quantitative estimate of drug-likeness (QED) is 0.770. The minimum absolute atomic E-state index is 0.120. The summed E-state index contributed by atoms with van der Waals surface area (Å²) in [6, 6.07) is 0.221. The Morgan fingerprint density at radius 1 is 1.44 bits per heavy atom. The highest BCUT2D eigenvalue weighted by atomic mass is 32.2. The van der Waals surface area contributed by atoms with Crippen molar-refractivity contribution in [3.8, 4) is 0 Å². The van der Waals surface area contributed by atoms with E-state index >= 15 is 0 Å². The summed E-state index contributed by atoms with van der Waals surface area (Å²) < 4.78 is 4.92. The summed E-state index contributed by atoms with van der Waals surface area (Å²) in [6.07, 6.45) is 2.29. The molecule has 2 N–H and O–H groups in total. The minimum Gasteiger partial charge on any atom is -0.465 e. The molecule has 1 aliphatic carbocycles. The zero-order valence-corrected chi connectivity index (χ0v) is 11.3. The van der Waals surface area contributed by atoms with Gasteiger partial charge in [0.2, 0.25) is 0 Å². The molecule has 1 saturated carbocycles. The fourth-order valence-electron chi connectivity index (χ4n) is 2.54. The zero-order valence-electron chi connectivity index (χ0n) is 10.4. The lowest BCUT2D eigenvalue weighted by atomic mass is 9.80. The molecule has 1 rings (SSSR count). The van der Waals surface area contributed by atoms with Crippen molar-refractivity contribution in [2.75, 3.05) is 12.4 Å². The molecular formula is C12H23NO2S. The third-order valence-corrected chi connectivity index (χ3v) is 4.73. The number of carbonyl (C=O) groups is 1. The van der Waals surface area contributed by atoms with Gasteiger partial charge in [0.1, 0.15) is 0 Å². The highest BCUT2D eigenvalue weighted by Gasteiger charge is 2.32. The lowest BCUT2D eigenvalue weighted by Crippen LogP contribution is -2.43. The molecule has 4 atom stereocenters. The second-order valence-electron chi connectivity index (χ2n) is 4.80. The molecule has 1 fully saturated rings. The van der Waals surface area contributed by atoms with E-state index < -0.39 is 0 Å². The molecule has 16 heavy (non-hydrogen) atoms. The van der Waals surface area contributed by atoms with Crippen molar-refractivity contribution in [2.24, 2.45) is 17.6 Å². The van der Waals surface area contributed by atoms with Crippen LogP contribution in [0, 0.1) is 11.8 Å². The SMILES string of the molecule is CCOC(=O)CSC1C(C)CC(C)CC1N. The van der Waals surface area contributed by atoms with Crippen LogP contribution in [0.1, 0.15) is 33.6 Å². The van der Waals surface area contributed by atoms with E-state index in [0.29, 0.717) is 29.4 Å². The maximum atomic E-state index is 11.3. The third-order valence-electron chi connectivity index (χ3n) is 3.13. The minimum atomic E-state index is -0.120. The summed E-state index contributed by atoms with van der Waals surface area (Å²) in [7, 11) is 0. The topological polar surface area (TPSA) is 52.3 Å². The van der Waals surface area contributed by atoms with Gasteiger partial charge in [-0.25, -0.2) is 0 Å². The molecule has 94 valence electrons. The van der Waals surface area contributed by atoms with Crippen molar-refractivity contribution >= 4 is 17.7 Å². The van der Waals surface area contributed by atoms with Gasteiger partial charge >= 0.3 is 5.97 Å². The average molecular weight is 245 g/mol. The van der Waals surface area contributed by atoms with Crippen LogP contribution >= 0.6 is 11.8 Å². The van der Waals surface area contributed by atoms with Gasteiger partial charge in [-0.15, -0.1) is 11.8 Å². The number of nitrogens with two attached hydrogens (primary N) is 1. The molecule has 0 spiro atoms. The van der Waals surface area contributed by atoms with E-state index in [-0.39, 0.29) is 12.0 Å². The Bertz CT molecular complexity index is 223. The molecular weight excluding hydrogens is 222 g/mol. The van der Waals surface area contributed by atoms with Crippen LogP contribution in [0.3, 0.4) is 0 Å². The second kappa shape index (κ2) is 6.50. The number of hydrogen-bond donors (Lipinski definition) is 1. The summed E-state index contributed by atoms with van der Waals surface area (Å²) in [5, 5.41) is 0.403. The van der Waals surface area contributed by atoms with Crippen LogP contribution in [0.5, 0.6) is 0 Å². The fraction of sp³-hybridized carbons (Fsp3) is 0.917. The highest BCUT2D eigenvalue weighted by molar-refractivity contribution is 8.00. The van der Waals surface area contributed by atoms with E-state index in [0.717, 1.165) is 6.42 Å². The first-order valence-electron chi connectivity index (χ1n) is 6.07. The van der Waals surface area contributed by atoms with Crippen LogP contribution in [-0.2, 0) is 9.53 Å². The van der Waals surface area contributed by atoms with Gasteiger partial charge < -0.3 is 10.5 Å². The zero-order chi connectivity index (χ0) is 12.1. The molecule has 0 aromatic heterocycles. The molecule has 0 saturated heterocycles. The molecule has 0 heterocycles. The van der Waals surface area contributed by atoms with Crippen molar-refractivity contribution in [2.45, 2.75) is 44.9 Å². The molecule has 3 nitrogen and oxygen atoms in total. The summed E-state index contributed by atoms with van der Waals surface area (Å²) in [5.41, 5.74) is 6.15. The Kier molecular flexibility index (Phi) is 5.62. The van der Waals surface area contributed by atoms with E-state index in [1.165, 1.54) is 6.42 Å².